The zero-order chi connectivity index (χ0) is 16.0. The van der Waals surface area contributed by atoms with Crippen molar-refractivity contribution >= 4 is 11.9 Å². The number of rotatable bonds is 7. The Labute approximate surface area is 128 Å². The summed E-state index contributed by atoms with van der Waals surface area (Å²) in [5.41, 5.74) is 2.27. The van der Waals surface area contributed by atoms with Gasteiger partial charge in [-0.25, -0.2) is 0 Å². The van der Waals surface area contributed by atoms with Crippen LogP contribution in [0.2, 0.25) is 0 Å². The first-order valence-electron chi connectivity index (χ1n) is 8.05. The zero-order valence-electron chi connectivity index (χ0n) is 13.7. The van der Waals surface area contributed by atoms with Crippen LogP contribution < -0.4 is 5.32 Å². The van der Waals surface area contributed by atoms with E-state index in [4.69, 9.17) is 0 Å². The van der Waals surface area contributed by atoms with E-state index in [-0.39, 0.29) is 11.9 Å². The van der Waals surface area contributed by atoms with Crippen LogP contribution in [0.3, 0.4) is 0 Å². The fourth-order valence-electron chi connectivity index (χ4n) is 2.95. The Morgan fingerprint density at radius 1 is 1.19 bits per heavy atom. The number of carboxylic acids is 1. The summed E-state index contributed by atoms with van der Waals surface area (Å²) >= 11 is 0. The molecule has 0 aromatic carbocycles. The van der Waals surface area contributed by atoms with E-state index in [0.717, 1.165) is 30.4 Å². The van der Waals surface area contributed by atoms with Gasteiger partial charge in [0.1, 0.15) is 0 Å². The normalized spacial score (nSPS) is 23.8. The van der Waals surface area contributed by atoms with Gasteiger partial charge < -0.3 is 10.4 Å². The smallest absolute Gasteiger partial charge is 0.307 e. The predicted molar refractivity (Wildman–Crippen MR) is 84.0 cm³/mol. The number of allylic oxidation sites excluding steroid dienone is 2. The van der Waals surface area contributed by atoms with E-state index >= 15 is 0 Å². The summed E-state index contributed by atoms with van der Waals surface area (Å²) in [6, 6.07) is 0.116. The molecule has 4 heteroatoms. The number of carboxylic acid groups (broad SMARTS) is 1. The van der Waals surface area contributed by atoms with Crippen LogP contribution in [0.15, 0.2) is 11.1 Å². The van der Waals surface area contributed by atoms with Gasteiger partial charge in [0.25, 0.3) is 0 Å². The van der Waals surface area contributed by atoms with Crippen molar-refractivity contribution in [2.75, 3.05) is 0 Å². The van der Waals surface area contributed by atoms with Crippen molar-refractivity contribution in [1.82, 2.24) is 5.32 Å². The predicted octanol–water partition coefficient (Wildman–Crippen LogP) is 3.52. The quantitative estimate of drug-likeness (QED) is 0.558. The van der Waals surface area contributed by atoms with Crippen LogP contribution >= 0.6 is 0 Å². The molecule has 3 atom stereocenters. The van der Waals surface area contributed by atoms with Crippen LogP contribution in [-0.4, -0.2) is 23.0 Å². The van der Waals surface area contributed by atoms with Gasteiger partial charge in [-0.05, 0) is 40.0 Å². The maximum absolute atomic E-state index is 12.4. The number of nitrogens with one attached hydrogen (secondary N) is 1. The second kappa shape index (κ2) is 8.20. The number of carbonyl (C=O) groups excluding carboxylic acids is 1. The third-order valence-electron chi connectivity index (χ3n) is 4.55. The Balaban J connectivity index is 2.64. The van der Waals surface area contributed by atoms with Gasteiger partial charge in [0.15, 0.2) is 0 Å². The minimum Gasteiger partial charge on any atom is -0.481 e. The molecule has 0 spiro atoms. The minimum atomic E-state index is -0.861. The molecule has 1 aliphatic carbocycles. The molecular weight excluding hydrogens is 266 g/mol. The Hall–Kier alpha value is -1.32. The van der Waals surface area contributed by atoms with Crippen LogP contribution in [0.5, 0.6) is 0 Å². The third-order valence-corrected chi connectivity index (χ3v) is 4.55. The lowest BCUT2D eigenvalue weighted by Crippen LogP contribution is -2.43. The van der Waals surface area contributed by atoms with Crippen LogP contribution in [0, 0.1) is 11.8 Å². The number of hydrogen-bond donors (Lipinski definition) is 2. The Morgan fingerprint density at radius 3 is 2.29 bits per heavy atom. The standard InChI is InChI=1S/C17H29NO3/c1-5-6-7-8-13(4)18-16(19)14-9-11(2)12(3)10-15(14)17(20)21/h13-15H,5-10H2,1-4H3,(H,18,19)(H,20,21)/t13-,14+,15-/m0/s1. The molecule has 0 aliphatic heterocycles. The Kier molecular flexibility index (Phi) is 6.93. The average molecular weight is 295 g/mol. The molecule has 0 unspecified atom stereocenters. The topological polar surface area (TPSA) is 66.4 Å². The lowest BCUT2D eigenvalue weighted by atomic mass is 9.76. The van der Waals surface area contributed by atoms with Gasteiger partial charge >= 0.3 is 5.97 Å². The highest BCUT2D eigenvalue weighted by atomic mass is 16.4. The molecule has 0 bridgehead atoms. The second-order valence-corrected chi connectivity index (χ2v) is 6.43. The van der Waals surface area contributed by atoms with E-state index < -0.39 is 17.8 Å². The number of aliphatic carboxylic acids is 1. The highest BCUT2D eigenvalue weighted by Crippen LogP contribution is 2.34. The van der Waals surface area contributed by atoms with Crippen molar-refractivity contribution in [3.05, 3.63) is 11.1 Å². The molecule has 0 aromatic rings. The van der Waals surface area contributed by atoms with Gasteiger partial charge in [0.05, 0.1) is 11.8 Å². The molecule has 0 saturated carbocycles. The molecule has 0 radical (unpaired) electrons. The molecule has 0 aromatic heterocycles. The lowest BCUT2D eigenvalue weighted by Gasteiger charge is -2.30. The second-order valence-electron chi connectivity index (χ2n) is 6.43. The van der Waals surface area contributed by atoms with Crippen LogP contribution in [0.4, 0.5) is 0 Å². The Morgan fingerprint density at radius 2 is 1.76 bits per heavy atom. The molecule has 0 heterocycles. The number of hydrogen-bond acceptors (Lipinski definition) is 2. The molecule has 4 nitrogen and oxygen atoms in total. The van der Waals surface area contributed by atoms with Crippen molar-refractivity contribution < 1.29 is 14.7 Å². The van der Waals surface area contributed by atoms with Crippen molar-refractivity contribution in [3.63, 3.8) is 0 Å². The number of carbonyl (C=O) groups is 2. The van der Waals surface area contributed by atoms with Crippen molar-refractivity contribution in [2.45, 2.75) is 72.3 Å². The summed E-state index contributed by atoms with van der Waals surface area (Å²) < 4.78 is 0. The highest BCUT2D eigenvalue weighted by Gasteiger charge is 2.37. The first kappa shape index (κ1) is 17.7. The molecule has 0 fully saturated rings. The summed E-state index contributed by atoms with van der Waals surface area (Å²) in [6.45, 7) is 8.12. The van der Waals surface area contributed by atoms with E-state index in [9.17, 15) is 14.7 Å². The van der Waals surface area contributed by atoms with Crippen molar-refractivity contribution in [3.8, 4) is 0 Å². The van der Waals surface area contributed by atoms with E-state index in [1.165, 1.54) is 6.42 Å². The molecular formula is C17H29NO3. The highest BCUT2D eigenvalue weighted by molar-refractivity contribution is 5.85. The first-order valence-corrected chi connectivity index (χ1v) is 8.05. The fraction of sp³-hybridized carbons (Fsp3) is 0.765. The first-order chi connectivity index (χ1) is 9.86. The van der Waals surface area contributed by atoms with E-state index in [1.807, 2.05) is 20.8 Å². The minimum absolute atomic E-state index is 0.0988. The number of amides is 1. The van der Waals surface area contributed by atoms with Gasteiger partial charge in [0.2, 0.25) is 5.91 Å². The Bertz CT molecular complexity index is 414. The molecule has 2 N–H and O–H groups in total. The van der Waals surface area contributed by atoms with Crippen LogP contribution in [0.25, 0.3) is 0 Å². The summed E-state index contributed by atoms with van der Waals surface area (Å²) in [7, 11) is 0. The summed E-state index contributed by atoms with van der Waals surface area (Å²) in [5, 5.41) is 12.4. The molecule has 1 amide bonds. The maximum atomic E-state index is 12.4. The maximum Gasteiger partial charge on any atom is 0.307 e. The van der Waals surface area contributed by atoms with Crippen LogP contribution in [0.1, 0.15) is 66.2 Å². The zero-order valence-corrected chi connectivity index (χ0v) is 13.7. The largest absolute Gasteiger partial charge is 0.481 e. The van der Waals surface area contributed by atoms with E-state index in [1.54, 1.807) is 0 Å². The van der Waals surface area contributed by atoms with Gasteiger partial charge in [-0.1, -0.05) is 37.3 Å². The van der Waals surface area contributed by atoms with Gasteiger partial charge in [0, 0.05) is 6.04 Å². The van der Waals surface area contributed by atoms with E-state index in [0.29, 0.717) is 12.8 Å². The van der Waals surface area contributed by atoms with Crippen molar-refractivity contribution in [2.24, 2.45) is 11.8 Å². The van der Waals surface area contributed by atoms with Crippen LogP contribution in [-0.2, 0) is 9.59 Å². The fourth-order valence-corrected chi connectivity index (χ4v) is 2.95. The summed E-state index contributed by atoms with van der Waals surface area (Å²) in [5.74, 6) is -1.98. The number of unbranched alkanes of at least 4 members (excludes halogenated alkanes) is 2. The molecule has 0 saturated heterocycles. The van der Waals surface area contributed by atoms with Crippen molar-refractivity contribution in [1.29, 1.82) is 0 Å². The van der Waals surface area contributed by atoms with Gasteiger partial charge in [-0.3, -0.25) is 9.59 Å². The lowest BCUT2D eigenvalue weighted by molar-refractivity contribution is -0.147. The molecule has 1 rings (SSSR count). The summed E-state index contributed by atoms with van der Waals surface area (Å²) in [4.78, 5) is 23.8. The third kappa shape index (κ3) is 5.18. The molecule has 21 heavy (non-hydrogen) atoms. The summed E-state index contributed by atoms with van der Waals surface area (Å²) in [6.07, 6.45) is 5.44. The van der Waals surface area contributed by atoms with Gasteiger partial charge in [-0.15, -0.1) is 0 Å². The van der Waals surface area contributed by atoms with E-state index in [2.05, 4.69) is 12.2 Å². The molecule has 120 valence electrons. The average Bonchev–Trinajstić information content (AvgIpc) is 2.41. The molecule has 1 aliphatic rings. The van der Waals surface area contributed by atoms with Gasteiger partial charge in [-0.2, -0.15) is 0 Å². The SMILES string of the molecule is CCCCC[C@H](C)NC(=O)[C@@H]1CC(C)=C(C)C[C@@H]1C(=O)O. The monoisotopic (exact) mass is 295 g/mol.